The smallest absolute Gasteiger partial charge is 0.331 e. The Labute approximate surface area is 197 Å². The Kier molecular flexibility index (Phi) is 14.8. The van der Waals surface area contributed by atoms with E-state index in [0.29, 0.717) is 6.42 Å². The van der Waals surface area contributed by atoms with Crippen LogP contribution in [0.25, 0.3) is 0 Å². The van der Waals surface area contributed by atoms with Gasteiger partial charge in [0.15, 0.2) is 6.04 Å². The molecule has 33 heavy (non-hydrogen) atoms. The number of ether oxygens (including phenoxy) is 1. The second-order valence-electron chi connectivity index (χ2n) is 8.38. The van der Waals surface area contributed by atoms with Gasteiger partial charge in [-0.05, 0) is 18.9 Å². The molecular weight excluding hydrogens is 424 g/mol. The second-order valence-corrected chi connectivity index (χ2v) is 8.38. The molecule has 1 amide bonds. The highest BCUT2D eigenvalue weighted by molar-refractivity contribution is 5.85. The van der Waals surface area contributed by atoms with Gasteiger partial charge in [0.2, 0.25) is 5.91 Å². The van der Waals surface area contributed by atoms with Crippen molar-refractivity contribution < 1.29 is 24.4 Å². The number of hydrogen-bond acceptors (Lipinski definition) is 6. The van der Waals surface area contributed by atoms with Crippen LogP contribution in [0.15, 0.2) is 24.3 Å². The van der Waals surface area contributed by atoms with Crippen molar-refractivity contribution in [2.24, 2.45) is 0 Å². The summed E-state index contributed by atoms with van der Waals surface area (Å²) in [5.74, 6) is -1.13. The van der Waals surface area contributed by atoms with Crippen molar-refractivity contribution in [3.8, 4) is 0 Å². The standard InChI is InChI=1S/C25H40N2O6/c1-3-5-6-7-8-9-10-11-12-13-14-18-22(28)26-23(25(30)33-4-2)24(29)20-16-15-17-21(19-20)27(31)32/h15-17,19,23-24,29H,3-14,18H2,1-2H3,(H,26,28)/t23-,24-/m0/s1. The van der Waals surface area contributed by atoms with E-state index in [0.717, 1.165) is 19.3 Å². The highest BCUT2D eigenvalue weighted by Crippen LogP contribution is 2.23. The van der Waals surface area contributed by atoms with Gasteiger partial charge >= 0.3 is 5.97 Å². The third-order valence-corrected chi connectivity index (χ3v) is 5.60. The zero-order valence-corrected chi connectivity index (χ0v) is 20.1. The number of carbonyl (C=O) groups excluding carboxylic acids is 2. The molecule has 0 fully saturated rings. The van der Waals surface area contributed by atoms with E-state index in [1.54, 1.807) is 6.92 Å². The van der Waals surface area contributed by atoms with Crippen LogP contribution in [0, 0.1) is 10.1 Å². The highest BCUT2D eigenvalue weighted by atomic mass is 16.6. The molecule has 0 bridgehead atoms. The van der Waals surface area contributed by atoms with E-state index in [9.17, 15) is 24.8 Å². The van der Waals surface area contributed by atoms with Crippen LogP contribution in [-0.2, 0) is 14.3 Å². The first-order valence-electron chi connectivity index (χ1n) is 12.3. The molecule has 0 heterocycles. The Morgan fingerprint density at radius 1 is 1.00 bits per heavy atom. The summed E-state index contributed by atoms with van der Waals surface area (Å²) in [4.78, 5) is 35.2. The number of nitrogens with one attached hydrogen (secondary N) is 1. The monoisotopic (exact) mass is 464 g/mol. The number of nitro groups is 1. The van der Waals surface area contributed by atoms with Crippen molar-refractivity contribution >= 4 is 17.6 Å². The lowest BCUT2D eigenvalue weighted by molar-refractivity contribution is -0.385. The van der Waals surface area contributed by atoms with E-state index in [1.807, 2.05) is 0 Å². The number of nitrogens with zero attached hydrogens (tertiary/aromatic N) is 1. The number of nitro benzene ring substituents is 1. The van der Waals surface area contributed by atoms with Crippen molar-refractivity contribution in [2.75, 3.05) is 6.61 Å². The molecule has 0 saturated carbocycles. The molecule has 2 N–H and O–H groups in total. The van der Waals surface area contributed by atoms with Gasteiger partial charge in [0.1, 0.15) is 6.10 Å². The number of rotatable bonds is 18. The van der Waals surface area contributed by atoms with Crippen LogP contribution in [-0.4, -0.2) is 34.6 Å². The molecular formula is C25H40N2O6. The summed E-state index contributed by atoms with van der Waals surface area (Å²) in [6.45, 7) is 3.93. The summed E-state index contributed by atoms with van der Waals surface area (Å²) in [7, 11) is 0. The molecule has 1 aromatic rings. The van der Waals surface area contributed by atoms with Crippen molar-refractivity contribution in [1.29, 1.82) is 0 Å². The van der Waals surface area contributed by atoms with Gasteiger partial charge < -0.3 is 15.2 Å². The molecule has 0 aliphatic carbocycles. The van der Waals surface area contributed by atoms with Crippen LogP contribution in [0.2, 0.25) is 0 Å². The Balaban J connectivity index is 2.44. The van der Waals surface area contributed by atoms with Crippen LogP contribution in [0.3, 0.4) is 0 Å². The third kappa shape index (κ3) is 11.8. The number of carbonyl (C=O) groups is 2. The molecule has 0 aliphatic heterocycles. The first-order valence-corrected chi connectivity index (χ1v) is 12.3. The Hall–Kier alpha value is -2.48. The highest BCUT2D eigenvalue weighted by Gasteiger charge is 2.31. The molecule has 0 radical (unpaired) electrons. The van der Waals surface area contributed by atoms with Gasteiger partial charge in [-0.2, -0.15) is 0 Å². The lowest BCUT2D eigenvalue weighted by Crippen LogP contribution is -2.46. The minimum absolute atomic E-state index is 0.0888. The maximum atomic E-state index is 12.4. The molecule has 1 aromatic carbocycles. The van der Waals surface area contributed by atoms with Crippen molar-refractivity contribution in [1.82, 2.24) is 5.32 Å². The average Bonchev–Trinajstić information content (AvgIpc) is 2.80. The second kappa shape index (κ2) is 17.1. The fourth-order valence-corrected chi connectivity index (χ4v) is 3.71. The first kappa shape index (κ1) is 28.6. The van der Waals surface area contributed by atoms with Crippen molar-refractivity contribution in [3.63, 3.8) is 0 Å². The number of unbranched alkanes of at least 4 members (excludes halogenated alkanes) is 10. The third-order valence-electron chi connectivity index (χ3n) is 5.60. The average molecular weight is 465 g/mol. The SMILES string of the molecule is CCCCCCCCCCCCCC(=O)N[C@H](C(=O)OCC)[C@@H](O)c1cccc([N+](=O)[O-])c1. The summed E-state index contributed by atoms with van der Waals surface area (Å²) >= 11 is 0. The molecule has 0 unspecified atom stereocenters. The lowest BCUT2D eigenvalue weighted by Gasteiger charge is -2.22. The Morgan fingerprint density at radius 3 is 2.12 bits per heavy atom. The van der Waals surface area contributed by atoms with Gasteiger partial charge in [0.05, 0.1) is 11.5 Å². The molecule has 1 rings (SSSR count). The summed E-state index contributed by atoms with van der Waals surface area (Å²) in [6.07, 6.45) is 11.7. The maximum Gasteiger partial charge on any atom is 0.331 e. The zero-order valence-electron chi connectivity index (χ0n) is 20.1. The predicted molar refractivity (Wildman–Crippen MR) is 128 cm³/mol. The topological polar surface area (TPSA) is 119 Å². The fourth-order valence-electron chi connectivity index (χ4n) is 3.71. The number of benzene rings is 1. The van der Waals surface area contributed by atoms with Gasteiger partial charge in [-0.25, -0.2) is 4.79 Å². The summed E-state index contributed by atoms with van der Waals surface area (Å²) in [6, 6.07) is 4.05. The van der Waals surface area contributed by atoms with Gasteiger partial charge in [-0.15, -0.1) is 0 Å². The minimum Gasteiger partial charge on any atom is -0.464 e. The molecule has 186 valence electrons. The van der Waals surface area contributed by atoms with E-state index in [4.69, 9.17) is 4.74 Å². The Bertz CT molecular complexity index is 725. The number of esters is 1. The summed E-state index contributed by atoms with van der Waals surface area (Å²) in [5, 5.41) is 24.2. The minimum atomic E-state index is -1.45. The van der Waals surface area contributed by atoms with Crippen LogP contribution >= 0.6 is 0 Å². The number of aliphatic hydroxyl groups is 1. The molecule has 0 saturated heterocycles. The molecule has 0 spiro atoms. The van der Waals surface area contributed by atoms with Gasteiger partial charge in [0, 0.05) is 18.6 Å². The number of non-ortho nitro benzene ring substituents is 1. The van der Waals surface area contributed by atoms with E-state index < -0.39 is 23.0 Å². The largest absolute Gasteiger partial charge is 0.464 e. The van der Waals surface area contributed by atoms with Gasteiger partial charge in [-0.3, -0.25) is 14.9 Å². The summed E-state index contributed by atoms with van der Waals surface area (Å²) in [5.41, 5.74) is -0.0429. The van der Waals surface area contributed by atoms with Crippen LogP contribution in [0.4, 0.5) is 5.69 Å². The quantitative estimate of drug-likeness (QED) is 0.130. The van der Waals surface area contributed by atoms with E-state index in [-0.39, 0.29) is 30.2 Å². The number of amides is 1. The van der Waals surface area contributed by atoms with Gasteiger partial charge in [0.25, 0.3) is 5.69 Å². The van der Waals surface area contributed by atoms with Crippen molar-refractivity contribution in [2.45, 2.75) is 103 Å². The maximum absolute atomic E-state index is 12.4. The normalized spacial score (nSPS) is 12.7. The van der Waals surface area contributed by atoms with Crippen LogP contribution in [0.5, 0.6) is 0 Å². The first-order chi connectivity index (χ1) is 15.9. The van der Waals surface area contributed by atoms with E-state index in [2.05, 4.69) is 12.2 Å². The molecule has 0 aromatic heterocycles. The van der Waals surface area contributed by atoms with E-state index in [1.165, 1.54) is 69.2 Å². The molecule has 0 aliphatic rings. The van der Waals surface area contributed by atoms with Crippen LogP contribution in [0.1, 0.15) is 103 Å². The molecule has 2 atom stereocenters. The fraction of sp³-hybridized carbons (Fsp3) is 0.680. The molecule has 8 heteroatoms. The lowest BCUT2D eigenvalue weighted by atomic mass is 10.0. The Morgan fingerprint density at radius 2 is 1.58 bits per heavy atom. The van der Waals surface area contributed by atoms with E-state index >= 15 is 0 Å². The molecule has 8 nitrogen and oxygen atoms in total. The van der Waals surface area contributed by atoms with Crippen molar-refractivity contribution in [3.05, 3.63) is 39.9 Å². The summed E-state index contributed by atoms with van der Waals surface area (Å²) < 4.78 is 4.99. The van der Waals surface area contributed by atoms with Crippen LogP contribution < -0.4 is 5.32 Å². The van der Waals surface area contributed by atoms with Gasteiger partial charge in [-0.1, -0.05) is 83.3 Å². The predicted octanol–water partition coefficient (Wildman–Crippen LogP) is 5.38. The zero-order chi connectivity index (χ0) is 24.5. The number of aliphatic hydroxyl groups excluding tert-OH is 1. The number of hydrogen-bond donors (Lipinski definition) is 2.